The number of aryl methyl sites for hydroxylation is 1. The molecule has 0 aromatic carbocycles. The highest BCUT2D eigenvalue weighted by Gasteiger charge is 2.25. The summed E-state index contributed by atoms with van der Waals surface area (Å²) >= 11 is 1.19. The van der Waals surface area contributed by atoms with Crippen molar-refractivity contribution in [2.75, 3.05) is 7.11 Å². The molecule has 2 heterocycles. The molecule has 0 radical (unpaired) electrons. The molecular formula is C12H13N3O4S. The van der Waals surface area contributed by atoms with E-state index in [0.29, 0.717) is 16.2 Å². The van der Waals surface area contributed by atoms with Crippen molar-refractivity contribution in [3.63, 3.8) is 0 Å². The highest BCUT2D eigenvalue weighted by atomic mass is 32.1. The average Bonchev–Trinajstić information content (AvgIpc) is 3.03. The van der Waals surface area contributed by atoms with Crippen LogP contribution in [0.2, 0.25) is 0 Å². The maximum atomic E-state index is 12.1. The van der Waals surface area contributed by atoms with Crippen molar-refractivity contribution in [3.8, 4) is 5.75 Å². The lowest BCUT2D eigenvalue weighted by molar-refractivity contribution is -0.139. The van der Waals surface area contributed by atoms with Gasteiger partial charge in [0, 0.05) is 18.8 Å². The van der Waals surface area contributed by atoms with Gasteiger partial charge in [0.1, 0.15) is 10.6 Å². The molecule has 0 fully saturated rings. The molecule has 2 aromatic heterocycles. The highest BCUT2D eigenvalue weighted by Crippen LogP contribution is 2.25. The number of aromatic nitrogens is 2. The lowest BCUT2D eigenvalue weighted by Crippen LogP contribution is -2.33. The predicted octanol–water partition coefficient (Wildman–Crippen LogP) is 1.05. The largest absolute Gasteiger partial charge is 0.495 e. The molecule has 0 bridgehead atoms. The summed E-state index contributed by atoms with van der Waals surface area (Å²) in [4.78, 5) is 23.7. The molecule has 1 atom stereocenters. The van der Waals surface area contributed by atoms with Crippen molar-refractivity contribution in [2.24, 2.45) is 7.05 Å². The van der Waals surface area contributed by atoms with E-state index in [-0.39, 0.29) is 0 Å². The zero-order valence-corrected chi connectivity index (χ0v) is 11.7. The Bertz CT molecular complexity index is 634. The minimum atomic E-state index is -1.15. The molecule has 0 saturated carbocycles. The van der Waals surface area contributed by atoms with Gasteiger partial charge in [-0.3, -0.25) is 9.48 Å². The monoisotopic (exact) mass is 295 g/mol. The van der Waals surface area contributed by atoms with Crippen LogP contribution in [-0.2, 0) is 11.8 Å². The van der Waals surface area contributed by atoms with Crippen LogP contribution < -0.4 is 10.1 Å². The Balaban J connectivity index is 2.21. The summed E-state index contributed by atoms with van der Waals surface area (Å²) in [7, 11) is 3.13. The van der Waals surface area contributed by atoms with Crippen molar-refractivity contribution in [1.29, 1.82) is 0 Å². The van der Waals surface area contributed by atoms with E-state index >= 15 is 0 Å². The minimum absolute atomic E-state index is 0.336. The molecule has 0 saturated heterocycles. The van der Waals surface area contributed by atoms with Crippen LogP contribution in [-0.4, -0.2) is 33.9 Å². The number of thiophene rings is 1. The molecule has 106 valence electrons. The molecule has 0 aliphatic heterocycles. The van der Waals surface area contributed by atoms with Gasteiger partial charge in [-0.05, 0) is 11.4 Å². The molecule has 2 aromatic rings. The van der Waals surface area contributed by atoms with Crippen molar-refractivity contribution in [1.82, 2.24) is 15.1 Å². The van der Waals surface area contributed by atoms with E-state index < -0.39 is 17.9 Å². The fraction of sp³-hybridized carbons (Fsp3) is 0.250. The van der Waals surface area contributed by atoms with E-state index in [4.69, 9.17) is 4.74 Å². The number of carbonyl (C=O) groups excluding carboxylic acids is 1. The Kier molecular flexibility index (Phi) is 4.04. The number of nitrogens with one attached hydrogen (secondary N) is 1. The van der Waals surface area contributed by atoms with Crippen LogP contribution in [0.3, 0.4) is 0 Å². The van der Waals surface area contributed by atoms with Gasteiger partial charge in [-0.25, -0.2) is 4.79 Å². The maximum absolute atomic E-state index is 12.1. The van der Waals surface area contributed by atoms with Crippen LogP contribution in [0.25, 0.3) is 0 Å². The fourth-order valence-electron chi connectivity index (χ4n) is 1.70. The van der Waals surface area contributed by atoms with E-state index in [9.17, 15) is 14.7 Å². The number of nitrogens with zero attached hydrogens (tertiary/aromatic N) is 2. The Hall–Kier alpha value is -2.35. The lowest BCUT2D eigenvalue weighted by Gasteiger charge is -2.12. The molecule has 20 heavy (non-hydrogen) atoms. The number of hydrogen-bond donors (Lipinski definition) is 2. The second-order valence-electron chi connectivity index (χ2n) is 4.01. The maximum Gasteiger partial charge on any atom is 0.331 e. The number of rotatable bonds is 5. The van der Waals surface area contributed by atoms with Gasteiger partial charge in [0.25, 0.3) is 5.91 Å². The lowest BCUT2D eigenvalue weighted by atomic mass is 10.1. The van der Waals surface area contributed by atoms with Gasteiger partial charge in [0.15, 0.2) is 6.04 Å². The first-order valence-corrected chi connectivity index (χ1v) is 6.54. The van der Waals surface area contributed by atoms with E-state index in [0.717, 1.165) is 0 Å². The standard InChI is InChI=1S/C12H13N3O4S/c1-15-6-7(5-13-15)9(12(17)18)14-11(16)10-8(19-2)3-4-20-10/h3-6,9H,1-2H3,(H,14,16)(H,17,18). The van der Waals surface area contributed by atoms with Crippen molar-refractivity contribution in [3.05, 3.63) is 34.3 Å². The third-order valence-corrected chi connectivity index (χ3v) is 3.53. The summed E-state index contributed by atoms with van der Waals surface area (Å²) in [6.07, 6.45) is 2.95. The molecule has 1 unspecified atom stereocenters. The molecule has 8 heteroatoms. The van der Waals surface area contributed by atoms with Crippen LogP contribution in [0.15, 0.2) is 23.8 Å². The second-order valence-corrected chi connectivity index (χ2v) is 4.93. The third kappa shape index (κ3) is 2.80. The number of amides is 1. The summed E-state index contributed by atoms with van der Waals surface area (Å²) in [5.74, 6) is -1.22. The Labute approximate surface area is 118 Å². The van der Waals surface area contributed by atoms with Gasteiger partial charge in [0.2, 0.25) is 0 Å². The van der Waals surface area contributed by atoms with Gasteiger partial charge < -0.3 is 15.2 Å². The quantitative estimate of drug-likeness (QED) is 0.860. The smallest absolute Gasteiger partial charge is 0.331 e. The van der Waals surface area contributed by atoms with Gasteiger partial charge in [-0.15, -0.1) is 11.3 Å². The number of carbonyl (C=O) groups is 2. The molecule has 0 aliphatic rings. The van der Waals surface area contributed by atoms with Crippen LogP contribution in [0.4, 0.5) is 0 Å². The third-order valence-electron chi connectivity index (χ3n) is 2.64. The number of carboxylic acids is 1. The molecule has 0 aliphatic carbocycles. The number of aliphatic carboxylic acids is 1. The Morgan fingerprint density at radius 1 is 1.55 bits per heavy atom. The van der Waals surface area contributed by atoms with Crippen molar-refractivity contribution < 1.29 is 19.4 Å². The van der Waals surface area contributed by atoms with Crippen LogP contribution in [0, 0.1) is 0 Å². The first-order valence-electron chi connectivity index (χ1n) is 5.66. The average molecular weight is 295 g/mol. The second kappa shape index (κ2) is 5.74. The minimum Gasteiger partial charge on any atom is -0.495 e. The van der Waals surface area contributed by atoms with Crippen LogP contribution in [0.1, 0.15) is 21.3 Å². The summed E-state index contributed by atoms with van der Waals surface area (Å²) in [5.41, 5.74) is 0.406. The first kappa shape index (κ1) is 14.1. The molecule has 2 rings (SSSR count). The zero-order valence-electron chi connectivity index (χ0n) is 10.9. The Morgan fingerprint density at radius 2 is 2.30 bits per heavy atom. The van der Waals surface area contributed by atoms with Gasteiger partial charge in [-0.1, -0.05) is 0 Å². The number of ether oxygens (including phenoxy) is 1. The van der Waals surface area contributed by atoms with Crippen molar-refractivity contribution >= 4 is 23.2 Å². The molecule has 1 amide bonds. The topological polar surface area (TPSA) is 93.4 Å². The molecule has 0 spiro atoms. The van der Waals surface area contributed by atoms with Crippen molar-refractivity contribution in [2.45, 2.75) is 6.04 Å². The number of carboxylic acid groups (broad SMARTS) is 1. The summed E-state index contributed by atoms with van der Waals surface area (Å²) in [6, 6.07) is 0.502. The van der Waals surface area contributed by atoms with Gasteiger partial charge in [-0.2, -0.15) is 5.10 Å². The molecule has 7 nitrogen and oxygen atoms in total. The summed E-state index contributed by atoms with van der Waals surface area (Å²) in [6.45, 7) is 0. The zero-order chi connectivity index (χ0) is 14.7. The highest BCUT2D eigenvalue weighted by molar-refractivity contribution is 7.12. The molecular weight excluding hydrogens is 282 g/mol. The Morgan fingerprint density at radius 3 is 2.85 bits per heavy atom. The predicted molar refractivity (Wildman–Crippen MR) is 71.9 cm³/mol. The number of hydrogen-bond acceptors (Lipinski definition) is 5. The normalized spacial score (nSPS) is 11.9. The van der Waals surface area contributed by atoms with Gasteiger partial charge >= 0.3 is 5.97 Å². The molecule has 2 N–H and O–H groups in total. The van der Waals surface area contributed by atoms with E-state index in [2.05, 4.69) is 10.4 Å². The van der Waals surface area contributed by atoms with E-state index in [1.165, 1.54) is 29.3 Å². The van der Waals surface area contributed by atoms with Crippen LogP contribution in [0.5, 0.6) is 5.75 Å². The van der Waals surface area contributed by atoms with E-state index in [1.54, 1.807) is 24.7 Å². The first-order chi connectivity index (χ1) is 9.52. The number of methoxy groups -OCH3 is 1. The summed E-state index contributed by atoms with van der Waals surface area (Å²) in [5, 5.41) is 17.3. The van der Waals surface area contributed by atoms with Gasteiger partial charge in [0.05, 0.1) is 13.3 Å². The SMILES string of the molecule is COc1ccsc1C(=O)NC(C(=O)O)c1cnn(C)c1. The fourth-order valence-corrected chi connectivity index (χ4v) is 2.46. The van der Waals surface area contributed by atoms with Crippen LogP contribution >= 0.6 is 11.3 Å². The summed E-state index contributed by atoms with van der Waals surface area (Å²) < 4.78 is 6.52. The van der Waals surface area contributed by atoms with E-state index in [1.807, 2.05) is 0 Å².